The van der Waals surface area contributed by atoms with Crippen molar-refractivity contribution >= 4 is 50.6 Å². The van der Waals surface area contributed by atoms with E-state index in [-0.39, 0.29) is 17.2 Å². The van der Waals surface area contributed by atoms with E-state index in [0.29, 0.717) is 15.8 Å². The van der Waals surface area contributed by atoms with E-state index in [9.17, 15) is 9.18 Å². The van der Waals surface area contributed by atoms with Gasteiger partial charge in [-0.05, 0) is 79.0 Å². The van der Waals surface area contributed by atoms with Crippen LogP contribution in [0.4, 0.5) is 4.39 Å². The lowest BCUT2D eigenvalue weighted by Crippen LogP contribution is -2.35. The van der Waals surface area contributed by atoms with Crippen molar-refractivity contribution in [3.63, 3.8) is 0 Å². The van der Waals surface area contributed by atoms with Crippen LogP contribution in [-0.4, -0.2) is 31.5 Å². The van der Waals surface area contributed by atoms with Gasteiger partial charge in [0.1, 0.15) is 10.9 Å². The number of thioether (sulfide) groups is 1. The number of hydrogen-bond acceptors (Lipinski definition) is 4. The number of amides is 1. The van der Waals surface area contributed by atoms with E-state index in [4.69, 9.17) is 5.41 Å². The van der Waals surface area contributed by atoms with E-state index < -0.39 is 5.91 Å². The highest BCUT2D eigenvalue weighted by molar-refractivity contribution is 8.27. The number of aromatic nitrogens is 1. The van der Waals surface area contributed by atoms with Crippen LogP contribution in [0, 0.1) is 25.1 Å². The lowest BCUT2D eigenvalue weighted by atomic mass is 10.1. The van der Waals surface area contributed by atoms with Crippen LogP contribution in [0.25, 0.3) is 22.5 Å². The molecule has 6 rings (SSSR count). The van der Waals surface area contributed by atoms with Gasteiger partial charge in [0.05, 0.1) is 11.3 Å². The van der Waals surface area contributed by atoms with Crippen molar-refractivity contribution in [3.8, 4) is 5.69 Å². The molecule has 8 heteroatoms. The molecule has 0 bridgehead atoms. The molecule has 1 N–H and O–H groups in total. The number of aryl methyl sites for hydroxylation is 1. The molecular formula is C28H20FN5OS. The number of fused-ring (bicyclic) bond motifs is 2. The first-order valence-electron chi connectivity index (χ1n) is 11.3. The number of hydrazone groups is 1. The number of amidine groups is 2. The Labute approximate surface area is 211 Å². The second-order valence-electron chi connectivity index (χ2n) is 8.59. The number of nitrogens with one attached hydrogen (secondary N) is 1. The van der Waals surface area contributed by atoms with E-state index in [0.717, 1.165) is 33.4 Å². The van der Waals surface area contributed by atoms with Gasteiger partial charge < -0.3 is 4.57 Å². The average molecular weight is 494 g/mol. The number of hydrogen-bond donors (Lipinski definition) is 1. The zero-order chi connectivity index (χ0) is 25.0. The van der Waals surface area contributed by atoms with E-state index in [2.05, 4.69) is 38.9 Å². The van der Waals surface area contributed by atoms with E-state index in [1.165, 1.54) is 28.9 Å². The first-order valence-corrected chi connectivity index (χ1v) is 12.2. The lowest BCUT2D eigenvalue weighted by molar-refractivity contribution is -0.114. The normalized spacial score (nSPS) is 16.5. The molecule has 1 amide bonds. The molecule has 3 heterocycles. The molecule has 36 heavy (non-hydrogen) atoms. The van der Waals surface area contributed by atoms with Gasteiger partial charge in [-0.3, -0.25) is 10.2 Å². The van der Waals surface area contributed by atoms with Gasteiger partial charge in [-0.1, -0.05) is 36.4 Å². The molecule has 0 aliphatic carbocycles. The maximum absolute atomic E-state index is 13.3. The summed E-state index contributed by atoms with van der Waals surface area (Å²) in [6.07, 6.45) is 1.71. The molecule has 176 valence electrons. The maximum atomic E-state index is 13.3. The third-order valence-electron chi connectivity index (χ3n) is 6.32. The molecule has 2 aliphatic heterocycles. The topological polar surface area (TPSA) is 73.8 Å². The van der Waals surface area contributed by atoms with Crippen molar-refractivity contribution in [1.29, 1.82) is 5.41 Å². The van der Waals surface area contributed by atoms with Crippen molar-refractivity contribution in [2.45, 2.75) is 13.8 Å². The van der Waals surface area contributed by atoms with Crippen LogP contribution in [0.5, 0.6) is 0 Å². The molecule has 0 saturated carbocycles. The summed E-state index contributed by atoms with van der Waals surface area (Å²) >= 11 is 1.19. The molecule has 6 nitrogen and oxygen atoms in total. The Bertz CT molecular complexity index is 1670. The molecule has 0 atom stereocenters. The number of carbonyl (C=O) groups is 1. The van der Waals surface area contributed by atoms with Crippen molar-refractivity contribution in [1.82, 2.24) is 9.58 Å². The number of halogens is 1. The van der Waals surface area contributed by atoms with Crippen molar-refractivity contribution in [3.05, 3.63) is 107 Å². The Hall–Kier alpha value is -4.30. The summed E-state index contributed by atoms with van der Waals surface area (Å²) in [4.78, 5) is 17.1. The van der Waals surface area contributed by atoms with Crippen LogP contribution in [0.15, 0.2) is 88.5 Å². The van der Waals surface area contributed by atoms with Crippen LogP contribution in [0.1, 0.15) is 22.5 Å². The van der Waals surface area contributed by atoms with Gasteiger partial charge in [0.2, 0.25) is 5.17 Å². The quantitative estimate of drug-likeness (QED) is 0.353. The second kappa shape index (κ2) is 8.42. The molecule has 0 fully saturated rings. The molecule has 0 saturated heterocycles. The standard InChI is InChI=1S/C28H20FN5OS/c1-16-14-20(17(2)33(16)24-9-5-7-18-6-3-4-8-22(18)24)15-23-25(30)34-28(31-26(23)35)36-27(32-34)19-10-12-21(29)13-11-19/h3-15,30H,1-2H3. The number of carbonyl (C=O) groups excluding carboxylic acids is 1. The Balaban J connectivity index is 1.39. The number of benzene rings is 3. The summed E-state index contributed by atoms with van der Waals surface area (Å²) < 4.78 is 15.5. The van der Waals surface area contributed by atoms with Crippen LogP contribution in [0.2, 0.25) is 0 Å². The summed E-state index contributed by atoms with van der Waals surface area (Å²) in [6.45, 7) is 4.03. The molecule has 0 radical (unpaired) electrons. The van der Waals surface area contributed by atoms with Gasteiger partial charge in [-0.25, -0.2) is 4.39 Å². The van der Waals surface area contributed by atoms with Gasteiger partial charge in [0.15, 0.2) is 5.84 Å². The zero-order valence-corrected chi connectivity index (χ0v) is 20.3. The Kier molecular flexibility index (Phi) is 5.19. The Morgan fingerprint density at radius 1 is 1.00 bits per heavy atom. The van der Waals surface area contributed by atoms with Crippen molar-refractivity contribution in [2.24, 2.45) is 10.1 Å². The molecule has 1 aromatic heterocycles. The van der Waals surface area contributed by atoms with E-state index >= 15 is 0 Å². The molecule has 0 unspecified atom stereocenters. The summed E-state index contributed by atoms with van der Waals surface area (Å²) in [5, 5.41) is 17.7. The van der Waals surface area contributed by atoms with E-state index in [1.807, 2.05) is 38.1 Å². The zero-order valence-electron chi connectivity index (χ0n) is 19.5. The number of rotatable bonds is 3. The van der Waals surface area contributed by atoms with Gasteiger partial charge in [-0.2, -0.15) is 15.1 Å². The largest absolute Gasteiger partial charge is 0.317 e. The highest BCUT2D eigenvalue weighted by Gasteiger charge is 2.36. The highest BCUT2D eigenvalue weighted by atomic mass is 32.2. The Morgan fingerprint density at radius 2 is 1.75 bits per heavy atom. The number of aliphatic imine (C=N–C) groups is 1. The number of nitrogens with zero attached hydrogens (tertiary/aromatic N) is 4. The summed E-state index contributed by atoms with van der Waals surface area (Å²) in [5.74, 6) is -0.861. The fraction of sp³-hybridized carbons (Fsp3) is 0.0714. The minimum Gasteiger partial charge on any atom is -0.317 e. The first-order chi connectivity index (χ1) is 17.4. The monoisotopic (exact) mass is 493 g/mol. The van der Waals surface area contributed by atoms with E-state index in [1.54, 1.807) is 18.2 Å². The fourth-order valence-electron chi connectivity index (χ4n) is 4.56. The lowest BCUT2D eigenvalue weighted by Gasteiger charge is -2.20. The second-order valence-corrected chi connectivity index (χ2v) is 9.55. The summed E-state index contributed by atoms with van der Waals surface area (Å²) in [5.41, 5.74) is 4.73. The minimum absolute atomic E-state index is 0.0374. The van der Waals surface area contributed by atoms with Gasteiger partial charge in [0.25, 0.3) is 5.91 Å². The fourth-order valence-corrected chi connectivity index (χ4v) is 5.46. The van der Waals surface area contributed by atoms with Crippen LogP contribution in [0.3, 0.4) is 0 Å². The third-order valence-corrected chi connectivity index (χ3v) is 7.28. The van der Waals surface area contributed by atoms with Crippen molar-refractivity contribution < 1.29 is 9.18 Å². The average Bonchev–Trinajstić information content (AvgIpc) is 3.42. The molecule has 3 aromatic carbocycles. The first kappa shape index (κ1) is 22.2. The molecule has 4 aromatic rings. The van der Waals surface area contributed by atoms with Gasteiger partial charge >= 0.3 is 0 Å². The SMILES string of the molecule is Cc1cc(C=C2C(=N)N3N=C(c4ccc(F)cc4)SC3=NC2=O)c(C)n1-c1cccc2ccccc12. The van der Waals surface area contributed by atoms with Crippen LogP contribution in [-0.2, 0) is 4.79 Å². The smallest absolute Gasteiger partial charge is 0.283 e. The predicted octanol–water partition coefficient (Wildman–Crippen LogP) is 6.05. The molecular weight excluding hydrogens is 473 g/mol. The van der Waals surface area contributed by atoms with Crippen LogP contribution >= 0.6 is 11.8 Å². The predicted molar refractivity (Wildman–Crippen MR) is 143 cm³/mol. The third kappa shape index (κ3) is 3.58. The molecule has 2 aliphatic rings. The summed E-state index contributed by atoms with van der Waals surface area (Å²) in [6, 6.07) is 22.4. The minimum atomic E-state index is -0.482. The summed E-state index contributed by atoms with van der Waals surface area (Å²) in [7, 11) is 0. The van der Waals surface area contributed by atoms with Crippen molar-refractivity contribution in [2.75, 3.05) is 0 Å². The maximum Gasteiger partial charge on any atom is 0.283 e. The van der Waals surface area contributed by atoms with Gasteiger partial charge in [-0.15, -0.1) is 0 Å². The van der Waals surface area contributed by atoms with Crippen LogP contribution < -0.4 is 0 Å². The highest BCUT2D eigenvalue weighted by Crippen LogP contribution is 2.33. The Morgan fingerprint density at radius 3 is 2.56 bits per heavy atom. The van der Waals surface area contributed by atoms with Gasteiger partial charge in [0, 0.05) is 22.3 Å². The molecule has 0 spiro atoms.